The van der Waals surface area contributed by atoms with Gasteiger partial charge < -0.3 is 14.0 Å². The summed E-state index contributed by atoms with van der Waals surface area (Å²) in [5.41, 5.74) is 1.90. The number of ether oxygens (including phenoxy) is 2. The van der Waals surface area contributed by atoms with Crippen LogP contribution in [0.2, 0.25) is 0 Å². The number of hydrogen-bond acceptors (Lipinski definition) is 5. The summed E-state index contributed by atoms with van der Waals surface area (Å²) in [7, 11) is 1.27. The van der Waals surface area contributed by atoms with E-state index in [9.17, 15) is 18.0 Å². The van der Waals surface area contributed by atoms with Crippen LogP contribution in [0.1, 0.15) is 30.2 Å². The molecule has 0 saturated carbocycles. The SMILES string of the molecule is COC(=O)c1cnc2c(c1)nc(-c1ccc(OC(F)(F)F)cc1)n2C(C)C. The number of rotatable bonds is 4. The summed E-state index contributed by atoms with van der Waals surface area (Å²) in [6.45, 7) is 3.86. The van der Waals surface area contributed by atoms with Gasteiger partial charge in [-0.3, -0.25) is 0 Å². The molecule has 0 saturated heterocycles. The first kappa shape index (κ1) is 18.7. The lowest BCUT2D eigenvalue weighted by Crippen LogP contribution is -2.17. The Balaban J connectivity index is 2.07. The Kier molecular flexibility index (Phi) is 4.77. The number of imidazole rings is 1. The largest absolute Gasteiger partial charge is 0.573 e. The number of benzene rings is 1. The number of methoxy groups -OCH3 is 1. The molecule has 0 fully saturated rings. The maximum absolute atomic E-state index is 12.3. The van der Waals surface area contributed by atoms with Crippen LogP contribution in [0.5, 0.6) is 5.75 Å². The van der Waals surface area contributed by atoms with E-state index in [0.717, 1.165) is 0 Å². The number of nitrogens with zero attached hydrogens (tertiary/aromatic N) is 3. The van der Waals surface area contributed by atoms with Crippen LogP contribution >= 0.6 is 0 Å². The fourth-order valence-electron chi connectivity index (χ4n) is 2.71. The highest BCUT2D eigenvalue weighted by Crippen LogP contribution is 2.30. The van der Waals surface area contributed by atoms with E-state index in [2.05, 4.69) is 19.4 Å². The molecule has 0 atom stereocenters. The van der Waals surface area contributed by atoms with Crippen LogP contribution in [0, 0.1) is 0 Å². The van der Waals surface area contributed by atoms with E-state index in [-0.39, 0.29) is 17.4 Å². The lowest BCUT2D eigenvalue weighted by Gasteiger charge is -2.13. The molecule has 0 N–H and O–H groups in total. The normalized spacial score (nSPS) is 11.8. The van der Waals surface area contributed by atoms with Crippen molar-refractivity contribution in [1.82, 2.24) is 14.5 Å². The molecule has 0 aliphatic heterocycles. The number of halogens is 3. The summed E-state index contributed by atoms with van der Waals surface area (Å²) in [5.74, 6) is -0.323. The van der Waals surface area contributed by atoms with Crippen molar-refractivity contribution in [2.75, 3.05) is 7.11 Å². The van der Waals surface area contributed by atoms with Crippen molar-refractivity contribution in [2.45, 2.75) is 26.3 Å². The molecular formula is C18H16F3N3O3. The lowest BCUT2D eigenvalue weighted by molar-refractivity contribution is -0.274. The van der Waals surface area contributed by atoms with Crippen molar-refractivity contribution in [3.8, 4) is 17.1 Å². The zero-order valence-electron chi connectivity index (χ0n) is 14.7. The Morgan fingerprint density at radius 2 is 1.85 bits per heavy atom. The van der Waals surface area contributed by atoms with Crippen LogP contribution in [0.15, 0.2) is 36.5 Å². The van der Waals surface area contributed by atoms with Gasteiger partial charge in [0.1, 0.15) is 17.1 Å². The van der Waals surface area contributed by atoms with Gasteiger partial charge in [-0.05, 0) is 44.2 Å². The summed E-state index contributed by atoms with van der Waals surface area (Å²) in [4.78, 5) is 20.5. The van der Waals surface area contributed by atoms with Crippen LogP contribution in [0.3, 0.4) is 0 Å². The molecule has 3 rings (SSSR count). The van der Waals surface area contributed by atoms with E-state index >= 15 is 0 Å². The third-order valence-corrected chi connectivity index (χ3v) is 3.81. The molecule has 2 heterocycles. The van der Waals surface area contributed by atoms with Crippen LogP contribution in [0.4, 0.5) is 13.2 Å². The lowest BCUT2D eigenvalue weighted by atomic mass is 10.2. The monoisotopic (exact) mass is 379 g/mol. The van der Waals surface area contributed by atoms with E-state index in [1.54, 1.807) is 6.07 Å². The number of carbonyl (C=O) groups excluding carboxylic acids is 1. The Bertz CT molecular complexity index is 979. The standard InChI is InChI=1S/C18H16F3N3O3/c1-10(2)24-15(11-4-6-13(7-5-11)27-18(19,20)21)23-14-8-12(17(25)26-3)9-22-16(14)24/h4-10H,1-3H3. The van der Waals surface area contributed by atoms with E-state index in [0.29, 0.717) is 22.6 Å². The second-order valence-electron chi connectivity index (χ2n) is 6.03. The van der Waals surface area contributed by atoms with Crippen molar-refractivity contribution >= 4 is 17.1 Å². The summed E-state index contributed by atoms with van der Waals surface area (Å²) in [5, 5.41) is 0. The minimum Gasteiger partial charge on any atom is -0.465 e. The molecule has 0 amide bonds. The van der Waals surface area contributed by atoms with Gasteiger partial charge in [-0.2, -0.15) is 0 Å². The van der Waals surface area contributed by atoms with Crippen LogP contribution in [-0.2, 0) is 4.74 Å². The molecule has 0 unspecified atom stereocenters. The Hall–Kier alpha value is -3.10. The van der Waals surface area contributed by atoms with Crippen molar-refractivity contribution in [1.29, 1.82) is 0 Å². The quantitative estimate of drug-likeness (QED) is 0.630. The van der Waals surface area contributed by atoms with Gasteiger partial charge >= 0.3 is 12.3 Å². The maximum Gasteiger partial charge on any atom is 0.573 e. The highest BCUT2D eigenvalue weighted by atomic mass is 19.4. The molecule has 27 heavy (non-hydrogen) atoms. The van der Waals surface area contributed by atoms with Crippen LogP contribution < -0.4 is 4.74 Å². The molecule has 9 heteroatoms. The molecular weight excluding hydrogens is 363 g/mol. The third-order valence-electron chi connectivity index (χ3n) is 3.81. The zero-order chi connectivity index (χ0) is 19.8. The van der Waals surface area contributed by atoms with Crippen molar-refractivity contribution < 1.29 is 27.4 Å². The van der Waals surface area contributed by atoms with Gasteiger partial charge in [-0.25, -0.2) is 14.8 Å². The van der Waals surface area contributed by atoms with Gasteiger partial charge in [0.2, 0.25) is 0 Å². The first-order valence-corrected chi connectivity index (χ1v) is 8.02. The predicted molar refractivity (Wildman–Crippen MR) is 91.4 cm³/mol. The Morgan fingerprint density at radius 3 is 2.41 bits per heavy atom. The molecule has 6 nitrogen and oxygen atoms in total. The van der Waals surface area contributed by atoms with Crippen LogP contribution in [0.25, 0.3) is 22.6 Å². The topological polar surface area (TPSA) is 66.2 Å². The van der Waals surface area contributed by atoms with Gasteiger partial charge in [0.05, 0.1) is 12.7 Å². The summed E-state index contributed by atoms with van der Waals surface area (Å²) in [6, 6.07) is 6.97. The Morgan fingerprint density at radius 1 is 1.19 bits per heavy atom. The van der Waals surface area contributed by atoms with Gasteiger partial charge in [0.15, 0.2) is 5.65 Å². The molecule has 0 radical (unpaired) electrons. The summed E-state index contributed by atoms with van der Waals surface area (Å²) in [6.07, 6.45) is -3.35. The van der Waals surface area contributed by atoms with E-state index in [4.69, 9.17) is 0 Å². The second kappa shape index (κ2) is 6.90. The summed E-state index contributed by atoms with van der Waals surface area (Å²) >= 11 is 0. The summed E-state index contributed by atoms with van der Waals surface area (Å²) < 4.78 is 47.4. The minimum absolute atomic E-state index is 0.0208. The fourth-order valence-corrected chi connectivity index (χ4v) is 2.71. The number of hydrogen-bond donors (Lipinski definition) is 0. The maximum atomic E-state index is 12.3. The highest BCUT2D eigenvalue weighted by Gasteiger charge is 2.31. The molecule has 0 aliphatic carbocycles. The number of carbonyl (C=O) groups is 1. The fraction of sp³-hybridized carbons (Fsp3) is 0.278. The number of esters is 1. The molecule has 0 spiro atoms. The smallest absolute Gasteiger partial charge is 0.465 e. The molecule has 3 aromatic rings. The predicted octanol–water partition coefficient (Wildman–Crippen LogP) is 4.36. The first-order chi connectivity index (χ1) is 12.7. The van der Waals surface area contributed by atoms with Gasteiger partial charge in [-0.1, -0.05) is 0 Å². The average Bonchev–Trinajstić information content (AvgIpc) is 2.99. The molecule has 1 aromatic carbocycles. The van der Waals surface area contributed by atoms with Crippen molar-refractivity contribution in [3.05, 3.63) is 42.1 Å². The van der Waals surface area contributed by atoms with Crippen LogP contribution in [-0.4, -0.2) is 34.0 Å². The van der Waals surface area contributed by atoms with E-state index in [1.807, 2.05) is 18.4 Å². The number of pyridine rings is 1. The molecule has 2 aromatic heterocycles. The van der Waals surface area contributed by atoms with Crippen molar-refractivity contribution in [2.24, 2.45) is 0 Å². The first-order valence-electron chi connectivity index (χ1n) is 8.02. The van der Waals surface area contributed by atoms with Gasteiger partial charge in [0, 0.05) is 17.8 Å². The third kappa shape index (κ3) is 3.86. The minimum atomic E-state index is -4.75. The number of fused-ring (bicyclic) bond motifs is 1. The van der Waals surface area contributed by atoms with Gasteiger partial charge in [0.25, 0.3) is 0 Å². The average molecular weight is 379 g/mol. The molecule has 0 bridgehead atoms. The Labute approximate surface area is 152 Å². The van der Waals surface area contributed by atoms with E-state index < -0.39 is 12.3 Å². The van der Waals surface area contributed by atoms with Crippen molar-refractivity contribution in [3.63, 3.8) is 0 Å². The zero-order valence-corrected chi connectivity index (χ0v) is 14.7. The molecule has 142 valence electrons. The van der Waals surface area contributed by atoms with Gasteiger partial charge in [-0.15, -0.1) is 13.2 Å². The highest BCUT2D eigenvalue weighted by molar-refractivity contribution is 5.92. The number of aromatic nitrogens is 3. The second-order valence-corrected chi connectivity index (χ2v) is 6.03. The number of alkyl halides is 3. The molecule has 0 aliphatic rings. The van der Waals surface area contributed by atoms with E-state index in [1.165, 1.54) is 37.6 Å².